The number of nitrogens with two attached hydrogens (primary N) is 1. The molecule has 1 unspecified atom stereocenters. The highest BCUT2D eigenvalue weighted by atomic mass is 35.5. The third kappa shape index (κ3) is 2.85. The number of benzene rings is 1. The van der Waals surface area contributed by atoms with Crippen LogP contribution in [-0.4, -0.2) is 4.98 Å². The zero-order chi connectivity index (χ0) is 13.0. The molecule has 0 radical (unpaired) electrons. The van der Waals surface area contributed by atoms with Gasteiger partial charge in [0.15, 0.2) is 0 Å². The molecule has 0 bridgehead atoms. The van der Waals surface area contributed by atoms with Crippen LogP contribution in [0.3, 0.4) is 0 Å². The van der Waals surface area contributed by atoms with Crippen LogP contribution in [0.4, 0.5) is 4.39 Å². The molecule has 0 aliphatic rings. The van der Waals surface area contributed by atoms with Crippen LogP contribution in [0.25, 0.3) is 0 Å². The maximum absolute atomic E-state index is 13.9. The Hall–Kier alpha value is -1.49. The highest BCUT2D eigenvalue weighted by Gasteiger charge is 2.16. The summed E-state index contributed by atoms with van der Waals surface area (Å²) in [5.41, 5.74) is 4.03. The third-order valence-corrected chi connectivity index (χ3v) is 3.01. The van der Waals surface area contributed by atoms with Crippen LogP contribution in [0.5, 0.6) is 0 Å². The van der Waals surface area contributed by atoms with E-state index in [4.69, 9.17) is 17.4 Å². The first-order valence-electron chi connectivity index (χ1n) is 5.51. The molecule has 0 fully saturated rings. The van der Waals surface area contributed by atoms with Crippen LogP contribution in [0.15, 0.2) is 42.7 Å². The summed E-state index contributed by atoms with van der Waals surface area (Å²) in [6, 6.07) is 8.29. The van der Waals surface area contributed by atoms with Gasteiger partial charge in [-0.15, -0.1) is 0 Å². The van der Waals surface area contributed by atoms with Crippen molar-refractivity contribution in [3.8, 4) is 0 Å². The minimum absolute atomic E-state index is 0.0962. The Bertz CT molecular complexity index is 519. The lowest BCUT2D eigenvalue weighted by molar-refractivity contribution is 0.510. The standard InChI is InChI=1S/C13H13ClFN3/c14-11-5-1-4-10(13(11)15)12(18-16)7-9-3-2-6-17-8-9/h1-6,8,12,18H,7,16H2. The molecule has 1 heterocycles. The molecule has 0 saturated heterocycles. The molecule has 1 atom stereocenters. The van der Waals surface area contributed by atoms with Gasteiger partial charge in [-0.1, -0.05) is 29.8 Å². The number of halogens is 2. The third-order valence-electron chi connectivity index (χ3n) is 2.72. The minimum Gasteiger partial charge on any atom is -0.271 e. The minimum atomic E-state index is -0.439. The Kier molecular flexibility index (Phi) is 4.25. The van der Waals surface area contributed by atoms with Gasteiger partial charge in [0.05, 0.1) is 11.1 Å². The second-order valence-corrected chi connectivity index (χ2v) is 4.33. The number of pyridine rings is 1. The van der Waals surface area contributed by atoms with Gasteiger partial charge < -0.3 is 0 Å². The summed E-state index contributed by atoms with van der Waals surface area (Å²) < 4.78 is 13.9. The van der Waals surface area contributed by atoms with Gasteiger partial charge in [0.25, 0.3) is 0 Å². The number of nitrogens with zero attached hydrogens (tertiary/aromatic N) is 1. The van der Waals surface area contributed by atoms with E-state index in [0.29, 0.717) is 12.0 Å². The number of hydrogen-bond acceptors (Lipinski definition) is 3. The predicted octanol–water partition coefficient (Wildman–Crippen LogP) is 2.62. The van der Waals surface area contributed by atoms with Crippen molar-refractivity contribution in [3.05, 3.63) is 64.7 Å². The summed E-state index contributed by atoms with van der Waals surface area (Å²) in [7, 11) is 0. The Balaban J connectivity index is 2.26. The van der Waals surface area contributed by atoms with E-state index in [-0.39, 0.29) is 11.1 Å². The van der Waals surface area contributed by atoms with Crippen molar-refractivity contribution in [2.75, 3.05) is 0 Å². The van der Waals surface area contributed by atoms with Crippen molar-refractivity contribution in [3.63, 3.8) is 0 Å². The van der Waals surface area contributed by atoms with E-state index >= 15 is 0 Å². The van der Waals surface area contributed by atoms with Gasteiger partial charge in [0.2, 0.25) is 0 Å². The van der Waals surface area contributed by atoms with E-state index in [1.165, 1.54) is 6.07 Å². The molecule has 0 amide bonds. The Morgan fingerprint density at radius 2 is 2.17 bits per heavy atom. The molecule has 1 aromatic heterocycles. The zero-order valence-corrected chi connectivity index (χ0v) is 10.4. The Morgan fingerprint density at radius 3 is 2.83 bits per heavy atom. The molecule has 1 aromatic carbocycles. The van der Waals surface area contributed by atoms with Crippen LogP contribution in [-0.2, 0) is 6.42 Å². The molecule has 0 aliphatic carbocycles. The number of aromatic nitrogens is 1. The summed E-state index contributed by atoms with van der Waals surface area (Å²) in [5.74, 6) is 5.05. The molecular formula is C13H13ClFN3. The first-order valence-corrected chi connectivity index (χ1v) is 5.89. The molecule has 5 heteroatoms. The van der Waals surface area contributed by atoms with Crippen LogP contribution < -0.4 is 11.3 Å². The Labute approximate surface area is 110 Å². The van der Waals surface area contributed by atoms with Gasteiger partial charge >= 0.3 is 0 Å². The SMILES string of the molecule is NNC(Cc1cccnc1)c1cccc(Cl)c1F. The van der Waals surface area contributed by atoms with Gasteiger partial charge in [-0.2, -0.15) is 0 Å². The normalized spacial score (nSPS) is 12.4. The number of hydrogen-bond donors (Lipinski definition) is 2. The lowest BCUT2D eigenvalue weighted by atomic mass is 10.00. The highest BCUT2D eigenvalue weighted by molar-refractivity contribution is 6.30. The number of rotatable bonds is 4. The van der Waals surface area contributed by atoms with Gasteiger partial charge in [-0.05, 0) is 24.1 Å². The molecule has 3 nitrogen and oxygen atoms in total. The van der Waals surface area contributed by atoms with Crippen LogP contribution in [0, 0.1) is 5.82 Å². The summed E-state index contributed by atoms with van der Waals surface area (Å²) in [4.78, 5) is 4.02. The average Bonchev–Trinajstić information content (AvgIpc) is 2.41. The summed E-state index contributed by atoms with van der Waals surface area (Å²) in [5, 5.41) is 0.0962. The van der Waals surface area contributed by atoms with E-state index in [1.54, 1.807) is 24.5 Å². The van der Waals surface area contributed by atoms with Crippen LogP contribution >= 0.6 is 11.6 Å². The van der Waals surface area contributed by atoms with Crippen molar-refractivity contribution >= 4 is 11.6 Å². The molecule has 0 spiro atoms. The fourth-order valence-electron chi connectivity index (χ4n) is 1.80. The van der Waals surface area contributed by atoms with E-state index < -0.39 is 5.82 Å². The maximum atomic E-state index is 13.9. The predicted molar refractivity (Wildman–Crippen MR) is 69.4 cm³/mol. The van der Waals surface area contributed by atoms with Crippen molar-refractivity contribution in [2.45, 2.75) is 12.5 Å². The average molecular weight is 266 g/mol. The lowest BCUT2D eigenvalue weighted by Gasteiger charge is -2.17. The molecule has 2 aromatic rings. The molecule has 0 saturated carbocycles. The van der Waals surface area contributed by atoms with Gasteiger partial charge in [0.1, 0.15) is 5.82 Å². The van der Waals surface area contributed by atoms with Gasteiger partial charge in [-0.25, -0.2) is 4.39 Å². The van der Waals surface area contributed by atoms with E-state index in [2.05, 4.69) is 10.4 Å². The first-order chi connectivity index (χ1) is 8.72. The summed E-state index contributed by atoms with van der Waals surface area (Å²) in [6.45, 7) is 0. The van der Waals surface area contributed by atoms with E-state index in [9.17, 15) is 4.39 Å². The van der Waals surface area contributed by atoms with Crippen molar-refractivity contribution in [1.29, 1.82) is 0 Å². The quantitative estimate of drug-likeness (QED) is 0.660. The van der Waals surface area contributed by atoms with E-state index in [1.807, 2.05) is 12.1 Å². The van der Waals surface area contributed by atoms with Gasteiger partial charge in [0, 0.05) is 18.0 Å². The monoisotopic (exact) mass is 265 g/mol. The van der Waals surface area contributed by atoms with E-state index in [0.717, 1.165) is 5.56 Å². The fourth-order valence-corrected chi connectivity index (χ4v) is 1.98. The fraction of sp³-hybridized carbons (Fsp3) is 0.154. The topological polar surface area (TPSA) is 50.9 Å². The largest absolute Gasteiger partial charge is 0.271 e. The molecule has 18 heavy (non-hydrogen) atoms. The first kappa shape index (κ1) is 13.0. The molecule has 3 N–H and O–H groups in total. The molecule has 0 aliphatic heterocycles. The smallest absolute Gasteiger partial charge is 0.146 e. The zero-order valence-electron chi connectivity index (χ0n) is 9.61. The maximum Gasteiger partial charge on any atom is 0.146 e. The highest BCUT2D eigenvalue weighted by Crippen LogP contribution is 2.25. The van der Waals surface area contributed by atoms with Crippen molar-refractivity contribution in [2.24, 2.45) is 5.84 Å². The van der Waals surface area contributed by atoms with Gasteiger partial charge in [-0.3, -0.25) is 16.3 Å². The summed E-state index contributed by atoms with van der Waals surface area (Å²) >= 11 is 5.76. The van der Waals surface area contributed by atoms with Crippen molar-refractivity contribution < 1.29 is 4.39 Å². The Morgan fingerprint density at radius 1 is 1.33 bits per heavy atom. The lowest BCUT2D eigenvalue weighted by Crippen LogP contribution is -2.30. The number of nitrogens with one attached hydrogen (secondary N) is 1. The second-order valence-electron chi connectivity index (χ2n) is 3.93. The van der Waals surface area contributed by atoms with Crippen molar-refractivity contribution in [1.82, 2.24) is 10.4 Å². The molecule has 94 valence electrons. The molecule has 2 rings (SSSR count). The van der Waals surface area contributed by atoms with Crippen LogP contribution in [0.2, 0.25) is 5.02 Å². The molecular weight excluding hydrogens is 253 g/mol. The summed E-state index contributed by atoms with van der Waals surface area (Å²) in [6.07, 6.45) is 3.96. The number of hydrazine groups is 1. The van der Waals surface area contributed by atoms with Crippen LogP contribution in [0.1, 0.15) is 17.2 Å². The second kappa shape index (κ2) is 5.91.